The maximum Gasteiger partial charge on any atom is 0.338 e. The minimum Gasteiger partial charge on any atom is -0.496 e. The maximum absolute atomic E-state index is 14.0. The van der Waals surface area contributed by atoms with Crippen LogP contribution in [0.5, 0.6) is 5.75 Å². The summed E-state index contributed by atoms with van der Waals surface area (Å²) in [4.78, 5) is 32.6. The molecule has 0 saturated carbocycles. The Hall–Kier alpha value is -3.91. The number of hydrogen-bond acceptors (Lipinski definition) is 6. The Kier molecular flexibility index (Phi) is 6.37. The number of carbonyl (C=O) groups excluding carboxylic acids is 1. The van der Waals surface area contributed by atoms with Gasteiger partial charge in [-0.25, -0.2) is 9.79 Å². The van der Waals surface area contributed by atoms with Gasteiger partial charge in [-0.1, -0.05) is 41.7 Å². The Labute approximate surface area is 218 Å². The van der Waals surface area contributed by atoms with Gasteiger partial charge < -0.3 is 14.0 Å². The Bertz CT molecular complexity index is 1770. The topological polar surface area (TPSA) is 74.8 Å². The predicted octanol–water partition coefficient (Wildman–Crippen LogP) is 3.92. The van der Waals surface area contributed by atoms with Crippen LogP contribution in [0, 0.1) is 13.8 Å². The van der Waals surface area contributed by atoms with E-state index in [1.54, 1.807) is 25.5 Å². The molecule has 2 aromatic heterocycles. The third-order valence-corrected chi connectivity index (χ3v) is 8.02. The number of ether oxygens (including phenoxy) is 2. The number of rotatable bonds is 5. The second-order valence-corrected chi connectivity index (χ2v) is 10.1. The van der Waals surface area contributed by atoms with Crippen molar-refractivity contribution >= 4 is 34.2 Å². The molecule has 37 heavy (non-hydrogen) atoms. The first-order valence-electron chi connectivity index (χ1n) is 12.1. The van der Waals surface area contributed by atoms with Gasteiger partial charge in [0.2, 0.25) is 0 Å². The van der Waals surface area contributed by atoms with Crippen molar-refractivity contribution < 1.29 is 14.3 Å². The van der Waals surface area contributed by atoms with E-state index in [1.165, 1.54) is 11.3 Å². The fourth-order valence-corrected chi connectivity index (χ4v) is 6.01. The van der Waals surface area contributed by atoms with Crippen LogP contribution in [0.4, 0.5) is 0 Å². The van der Waals surface area contributed by atoms with Gasteiger partial charge in [-0.05, 0) is 62.2 Å². The Morgan fingerprint density at radius 2 is 1.92 bits per heavy atom. The number of methoxy groups -OCH3 is 1. The minimum atomic E-state index is -0.753. The highest BCUT2D eigenvalue weighted by molar-refractivity contribution is 7.07. The highest BCUT2D eigenvalue weighted by atomic mass is 32.1. The van der Waals surface area contributed by atoms with Crippen molar-refractivity contribution in [2.75, 3.05) is 13.7 Å². The lowest BCUT2D eigenvalue weighted by Gasteiger charge is -2.27. The van der Waals surface area contributed by atoms with Gasteiger partial charge in [0, 0.05) is 24.0 Å². The summed E-state index contributed by atoms with van der Waals surface area (Å²) < 4.78 is 15.5. The molecule has 2 aromatic carbocycles. The second-order valence-electron chi connectivity index (χ2n) is 9.09. The molecule has 8 heteroatoms. The number of thiazole rings is 1. The summed E-state index contributed by atoms with van der Waals surface area (Å²) in [5, 5.41) is 1.88. The molecule has 0 unspecified atom stereocenters. The Balaban J connectivity index is 1.86. The third-order valence-electron chi connectivity index (χ3n) is 7.04. The summed E-state index contributed by atoms with van der Waals surface area (Å²) >= 11 is 1.32. The van der Waals surface area contributed by atoms with Gasteiger partial charge in [-0.2, -0.15) is 0 Å². The molecule has 0 spiro atoms. The molecule has 0 N–H and O–H groups in total. The first kappa shape index (κ1) is 24.8. The number of nitrogens with zero attached hydrogens (tertiary/aromatic N) is 3. The lowest BCUT2D eigenvalue weighted by Crippen LogP contribution is -2.40. The van der Waals surface area contributed by atoms with E-state index in [0.717, 1.165) is 33.3 Å². The normalized spacial score (nSPS) is 15.6. The number of fused-ring (bicyclic) bond motifs is 2. The molecule has 0 bridgehead atoms. The van der Waals surface area contributed by atoms with E-state index < -0.39 is 12.0 Å². The zero-order valence-corrected chi connectivity index (χ0v) is 22.6. The molecule has 1 aliphatic heterocycles. The van der Waals surface area contributed by atoms with Gasteiger partial charge in [-0.15, -0.1) is 0 Å². The van der Waals surface area contributed by atoms with Crippen LogP contribution in [-0.2, 0) is 16.6 Å². The summed E-state index contributed by atoms with van der Waals surface area (Å²) in [5.74, 6) is 0.0943. The first-order valence-corrected chi connectivity index (χ1v) is 13.0. The third kappa shape index (κ3) is 4.01. The summed E-state index contributed by atoms with van der Waals surface area (Å²) in [6, 6.07) is 13.0. The van der Waals surface area contributed by atoms with Crippen molar-refractivity contribution in [3.05, 3.63) is 95.9 Å². The fraction of sp³-hybridized carbons (Fsp3) is 0.276. The molecular weight excluding hydrogens is 486 g/mol. The molecule has 1 aliphatic rings. The number of aryl methyl sites for hydroxylation is 1. The number of allylic oxidation sites excluding steroid dienone is 1. The van der Waals surface area contributed by atoms with E-state index in [2.05, 4.69) is 10.6 Å². The average molecular weight is 516 g/mol. The van der Waals surface area contributed by atoms with Gasteiger partial charge in [0.1, 0.15) is 11.8 Å². The molecule has 5 rings (SSSR count). The van der Waals surface area contributed by atoms with Gasteiger partial charge in [0.15, 0.2) is 4.80 Å². The Morgan fingerprint density at radius 3 is 2.59 bits per heavy atom. The second kappa shape index (κ2) is 9.52. The predicted molar refractivity (Wildman–Crippen MR) is 146 cm³/mol. The van der Waals surface area contributed by atoms with Crippen molar-refractivity contribution in [3.8, 4) is 5.75 Å². The highest BCUT2D eigenvalue weighted by Gasteiger charge is 2.36. The molecule has 7 nitrogen and oxygen atoms in total. The van der Waals surface area contributed by atoms with Crippen LogP contribution in [0.15, 0.2) is 63.5 Å². The largest absolute Gasteiger partial charge is 0.496 e. The van der Waals surface area contributed by atoms with E-state index in [9.17, 15) is 9.59 Å². The summed E-state index contributed by atoms with van der Waals surface area (Å²) in [6.07, 6.45) is 1.91. The quantitative estimate of drug-likeness (QED) is 0.378. The van der Waals surface area contributed by atoms with Crippen molar-refractivity contribution in [1.29, 1.82) is 0 Å². The number of hydrogen-bond donors (Lipinski definition) is 0. The van der Waals surface area contributed by atoms with Gasteiger partial charge >= 0.3 is 5.97 Å². The fourth-order valence-electron chi connectivity index (χ4n) is 4.97. The molecule has 3 heterocycles. The maximum atomic E-state index is 14.0. The smallest absolute Gasteiger partial charge is 0.338 e. The van der Waals surface area contributed by atoms with Gasteiger partial charge in [-0.3, -0.25) is 9.36 Å². The highest BCUT2D eigenvalue weighted by Crippen LogP contribution is 2.40. The lowest BCUT2D eigenvalue weighted by molar-refractivity contribution is -0.139. The number of aromatic nitrogens is 2. The summed E-state index contributed by atoms with van der Waals surface area (Å²) in [6.45, 7) is 7.84. The van der Waals surface area contributed by atoms with Crippen LogP contribution < -0.4 is 19.6 Å². The Morgan fingerprint density at radius 1 is 1.16 bits per heavy atom. The van der Waals surface area contributed by atoms with E-state index in [-0.39, 0.29) is 12.2 Å². The standard InChI is InChI=1S/C29H29N3O4S/c1-7-36-28(34)24-17(3)30-29-32(27(33)23(37-29)15-20-14-16(2)31(5)18(20)4)26(24)25-21-11-9-8-10-19(21)12-13-22(25)35-6/h8-15,26H,7H2,1-6H3/b23-15+/t26-/m1/s1. The summed E-state index contributed by atoms with van der Waals surface area (Å²) in [7, 11) is 3.60. The van der Waals surface area contributed by atoms with Crippen molar-refractivity contribution in [1.82, 2.24) is 9.13 Å². The molecule has 1 atom stereocenters. The molecule has 0 radical (unpaired) electrons. The molecule has 0 fully saturated rings. The SMILES string of the molecule is CCOC(=O)C1=C(C)N=c2s/c(=C/c3cc(C)n(C)c3C)c(=O)n2[C@H]1c1c(OC)ccc2ccccc12. The van der Waals surface area contributed by atoms with Crippen LogP contribution >= 0.6 is 11.3 Å². The van der Waals surface area contributed by atoms with Crippen LogP contribution in [0.2, 0.25) is 0 Å². The molecule has 190 valence electrons. The molecule has 0 aliphatic carbocycles. The zero-order valence-electron chi connectivity index (χ0n) is 21.8. The minimum absolute atomic E-state index is 0.209. The zero-order chi connectivity index (χ0) is 26.4. The molecule has 4 aromatic rings. The van der Waals surface area contributed by atoms with E-state index in [4.69, 9.17) is 14.5 Å². The number of carbonyl (C=O) groups is 1. The van der Waals surface area contributed by atoms with Crippen LogP contribution in [0.1, 0.15) is 42.4 Å². The number of esters is 1. The van der Waals surface area contributed by atoms with Crippen LogP contribution in [0.3, 0.4) is 0 Å². The van der Waals surface area contributed by atoms with Crippen molar-refractivity contribution in [3.63, 3.8) is 0 Å². The van der Waals surface area contributed by atoms with E-state index >= 15 is 0 Å². The summed E-state index contributed by atoms with van der Waals surface area (Å²) in [5.41, 5.74) is 4.54. The van der Waals surface area contributed by atoms with Crippen LogP contribution in [-0.4, -0.2) is 28.8 Å². The molecule has 0 amide bonds. The van der Waals surface area contributed by atoms with Crippen LogP contribution in [0.25, 0.3) is 16.8 Å². The average Bonchev–Trinajstić information content (AvgIpc) is 3.32. The molecule has 0 saturated heterocycles. The van der Waals surface area contributed by atoms with Gasteiger partial charge in [0.25, 0.3) is 5.56 Å². The van der Waals surface area contributed by atoms with E-state index in [1.807, 2.05) is 63.4 Å². The van der Waals surface area contributed by atoms with Crippen molar-refractivity contribution in [2.45, 2.75) is 33.7 Å². The lowest BCUT2D eigenvalue weighted by atomic mass is 9.90. The monoisotopic (exact) mass is 515 g/mol. The van der Waals surface area contributed by atoms with Crippen molar-refractivity contribution in [2.24, 2.45) is 12.0 Å². The number of benzene rings is 2. The first-order chi connectivity index (χ1) is 17.8. The van der Waals surface area contributed by atoms with E-state index in [0.29, 0.717) is 26.4 Å². The molecular formula is C29H29N3O4S. The van der Waals surface area contributed by atoms with Gasteiger partial charge in [0.05, 0.1) is 29.5 Å².